The second-order valence-electron chi connectivity index (χ2n) is 8.85. The van der Waals surface area contributed by atoms with Crippen LogP contribution in [-0.2, 0) is 15.8 Å². The van der Waals surface area contributed by atoms with Crippen LogP contribution in [0.25, 0.3) is 6.08 Å². The van der Waals surface area contributed by atoms with E-state index in [-0.39, 0.29) is 16.5 Å². The molecule has 182 valence electrons. The average Bonchev–Trinajstić information content (AvgIpc) is 3.55. The molecule has 0 spiro atoms. The van der Waals surface area contributed by atoms with Crippen molar-refractivity contribution in [2.24, 2.45) is 11.8 Å². The molecule has 4 atom stereocenters. The van der Waals surface area contributed by atoms with Gasteiger partial charge in [-0.1, -0.05) is 41.9 Å². The van der Waals surface area contributed by atoms with Crippen molar-refractivity contribution in [1.82, 2.24) is 4.90 Å². The molecule has 2 fully saturated rings. The van der Waals surface area contributed by atoms with E-state index < -0.39 is 47.5 Å². The minimum Gasteiger partial charge on any atom is -0.358 e. The summed E-state index contributed by atoms with van der Waals surface area (Å²) in [6.45, 7) is 0. The third-order valence-electron chi connectivity index (χ3n) is 7.01. The number of carbonyl (C=O) groups excluding carboxylic acids is 3. The lowest BCUT2D eigenvalue weighted by atomic mass is 9.84. The van der Waals surface area contributed by atoms with Crippen molar-refractivity contribution in [3.05, 3.63) is 92.8 Å². The third-order valence-corrected chi connectivity index (χ3v) is 8.21. The van der Waals surface area contributed by atoms with Gasteiger partial charge in [0.25, 0.3) is 0 Å². The number of anilines is 1. The van der Waals surface area contributed by atoms with Gasteiger partial charge in [0.2, 0.25) is 11.8 Å². The normalized spacial score (nSPS) is 24.7. The van der Waals surface area contributed by atoms with Crippen LogP contribution in [0.1, 0.15) is 32.4 Å². The molecule has 36 heavy (non-hydrogen) atoms. The van der Waals surface area contributed by atoms with Gasteiger partial charge in [-0.2, -0.15) is 13.2 Å². The number of fused-ring (bicyclic) bond motifs is 5. The standard InChI is InChI=1S/C26H16ClF3N2O3S/c27-16-8-7-14(26(28,29)30)12-17(16)32-24(34)19-20(25(32)35)22(23(33)18-6-3-11-36-18)31-10-9-13-4-1-2-5-15(13)21(19)31/h1-12,19-22H/t19-,20-,21-,22+/m1/s1. The lowest BCUT2D eigenvalue weighted by molar-refractivity contribution is -0.137. The van der Waals surface area contributed by atoms with Gasteiger partial charge in [0.15, 0.2) is 5.78 Å². The minimum absolute atomic E-state index is 0.161. The predicted octanol–water partition coefficient (Wildman–Crippen LogP) is 5.82. The second kappa shape index (κ2) is 8.04. The maximum absolute atomic E-state index is 13.8. The molecule has 0 N–H and O–H groups in total. The van der Waals surface area contributed by atoms with Crippen molar-refractivity contribution in [2.45, 2.75) is 18.3 Å². The number of rotatable bonds is 3. The summed E-state index contributed by atoms with van der Waals surface area (Å²) >= 11 is 7.44. The van der Waals surface area contributed by atoms with Gasteiger partial charge < -0.3 is 4.90 Å². The smallest absolute Gasteiger partial charge is 0.358 e. The molecule has 0 radical (unpaired) electrons. The molecule has 1 aromatic heterocycles. The van der Waals surface area contributed by atoms with Gasteiger partial charge in [-0.05, 0) is 46.8 Å². The van der Waals surface area contributed by atoms with Crippen molar-refractivity contribution in [3.8, 4) is 0 Å². The number of hydrogen-bond donors (Lipinski definition) is 0. The molecular weight excluding hydrogens is 513 g/mol. The summed E-state index contributed by atoms with van der Waals surface area (Å²) in [5, 5.41) is 1.58. The highest BCUT2D eigenvalue weighted by molar-refractivity contribution is 7.12. The van der Waals surface area contributed by atoms with Crippen molar-refractivity contribution >= 4 is 52.3 Å². The van der Waals surface area contributed by atoms with Gasteiger partial charge in [-0.3, -0.25) is 14.4 Å². The molecule has 0 aliphatic carbocycles. The molecule has 0 unspecified atom stereocenters. The van der Waals surface area contributed by atoms with Crippen LogP contribution >= 0.6 is 22.9 Å². The summed E-state index contributed by atoms with van der Waals surface area (Å²) in [6, 6.07) is 11.6. The van der Waals surface area contributed by atoms with Crippen LogP contribution in [0.5, 0.6) is 0 Å². The number of carbonyl (C=O) groups is 3. The van der Waals surface area contributed by atoms with Crippen LogP contribution in [-0.4, -0.2) is 28.5 Å². The van der Waals surface area contributed by atoms with Gasteiger partial charge >= 0.3 is 6.18 Å². The number of benzene rings is 2. The summed E-state index contributed by atoms with van der Waals surface area (Å²) in [5.74, 6) is -3.78. The first kappa shape index (κ1) is 23.0. The predicted molar refractivity (Wildman–Crippen MR) is 128 cm³/mol. The van der Waals surface area contributed by atoms with Crippen molar-refractivity contribution < 1.29 is 27.6 Å². The van der Waals surface area contributed by atoms with E-state index in [1.807, 2.05) is 30.3 Å². The Bertz CT molecular complexity index is 1450. The van der Waals surface area contributed by atoms with Crippen molar-refractivity contribution in [1.29, 1.82) is 0 Å². The molecule has 5 nitrogen and oxygen atoms in total. The lowest BCUT2D eigenvalue weighted by Gasteiger charge is -2.35. The number of hydrogen-bond acceptors (Lipinski definition) is 5. The summed E-state index contributed by atoms with van der Waals surface area (Å²) in [4.78, 5) is 44.2. The highest BCUT2D eigenvalue weighted by atomic mass is 35.5. The fraction of sp³-hybridized carbons (Fsp3) is 0.192. The fourth-order valence-electron chi connectivity index (χ4n) is 5.52. The second-order valence-corrected chi connectivity index (χ2v) is 10.2. The third kappa shape index (κ3) is 3.26. The molecule has 2 amide bonds. The summed E-state index contributed by atoms with van der Waals surface area (Å²) in [5.41, 5.74) is 0.259. The number of Topliss-reactive ketones (excluding diaryl/α,β-unsaturated/α-hetero) is 1. The molecule has 3 aliphatic rings. The van der Waals surface area contributed by atoms with E-state index >= 15 is 0 Å². The summed E-state index contributed by atoms with van der Waals surface area (Å²) < 4.78 is 40.3. The number of nitrogens with zero attached hydrogens (tertiary/aromatic N) is 2. The summed E-state index contributed by atoms with van der Waals surface area (Å²) in [7, 11) is 0. The van der Waals surface area contributed by atoms with Gasteiger partial charge in [0, 0.05) is 6.20 Å². The monoisotopic (exact) mass is 528 g/mol. The quantitative estimate of drug-likeness (QED) is 0.317. The van der Waals surface area contributed by atoms with Crippen LogP contribution in [0.15, 0.2) is 66.2 Å². The van der Waals surface area contributed by atoms with Crippen molar-refractivity contribution in [3.63, 3.8) is 0 Å². The summed E-state index contributed by atoms with van der Waals surface area (Å²) in [6.07, 6.45) is -1.13. The molecular formula is C26H16ClF3N2O3S. The lowest BCUT2D eigenvalue weighted by Crippen LogP contribution is -2.44. The maximum Gasteiger partial charge on any atom is 0.416 e. The van der Waals surface area contributed by atoms with E-state index in [0.717, 1.165) is 28.2 Å². The molecule has 2 saturated heterocycles. The van der Waals surface area contributed by atoms with E-state index in [0.29, 0.717) is 10.9 Å². The van der Waals surface area contributed by atoms with E-state index in [2.05, 4.69) is 0 Å². The Morgan fingerprint density at radius 2 is 1.72 bits per heavy atom. The van der Waals surface area contributed by atoms with E-state index in [4.69, 9.17) is 11.6 Å². The Morgan fingerprint density at radius 3 is 2.44 bits per heavy atom. The molecule has 10 heteroatoms. The first-order valence-electron chi connectivity index (χ1n) is 11.1. The minimum atomic E-state index is -4.69. The number of amides is 2. The maximum atomic E-state index is 13.8. The Hall–Kier alpha value is -3.43. The Morgan fingerprint density at radius 1 is 0.972 bits per heavy atom. The molecule has 3 aliphatic heterocycles. The van der Waals surface area contributed by atoms with E-state index in [1.54, 1.807) is 28.6 Å². The van der Waals surface area contributed by atoms with Crippen LogP contribution in [0.3, 0.4) is 0 Å². The Labute approximate surface area is 212 Å². The Kier molecular flexibility index (Phi) is 5.14. The van der Waals surface area contributed by atoms with E-state index in [9.17, 15) is 27.6 Å². The van der Waals surface area contributed by atoms with E-state index in [1.165, 1.54) is 11.3 Å². The molecule has 2 aromatic carbocycles. The van der Waals surface area contributed by atoms with Crippen molar-refractivity contribution in [2.75, 3.05) is 4.90 Å². The van der Waals surface area contributed by atoms with Gasteiger partial charge in [0.05, 0.1) is 39.0 Å². The molecule has 0 bridgehead atoms. The number of alkyl halides is 3. The van der Waals surface area contributed by atoms with Crippen LogP contribution in [0, 0.1) is 11.8 Å². The van der Waals surface area contributed by atoms with Gasteiger partial charge in [0.1, 0.15) is 6.04 Å². The highest BCUT2D eigenvalue weighted by Gasteiger charge is 2.64. The zero-order valence-corrected chi connectivity index (χ0v) is 19.8. The van der Waals surface area contributed by atoms with Crippen LogP contribution in [0.2, 0.25) is 5.02 Å². The largest absolute Gasteiger partial charge is 0.416 e. The van der Waals surface area contributed by atoms with Crippen LogP contribution < -0.4 is 4.90 Å². The van der Waals surface area contributed by atoms with Gasteiger partial charge in [-0.25, -0.2) is 4.90 Å². The molecule has 6 rings (SSSR count). The van der Waals surface area contributed by atoms with Crippen LogP contribution in [0.4, 0.5) is 18.9 Å². The highest BCUT2D eigenvalue weighted by Crippen LogP contribution is 2.54. The zero-order valence-electron chi connectivity index (χ0n) is 18.3. The first-order valence-corrected chi connectivity index (χ1v) is 12.3. The zero-order chi connectivity index (χ0) is 25.4. The molecule has 0 saturated carbocycles. The Balaban J connectivity index is 1.51. The SMILES string of the molecule is O=C(c1cccs1)[C@@H]1[C@@H]2C(=O)N(c3cc(C(F)(F)F)ccc3Cl)C(=O)[C@H]2[C@H]2c3ccccc3C=CN12. The molecule has 3 aromatic rings. The number of halogens is 4. The molecule has 4 heterocycles. The number of thiophene rings is 1. The first-order chi connectivity index (χ1) is 17.2. The fourth-order valence-corrected chi connectivity index (χ4v) is 6.42. The topological polar surface area (TPSA) is 57.7 Å². The van der Waals surface area contributed by atoms with Gasteiger partial charge in [-0.15, -0.1) is 11.3 Å². The number of imide groups is 1. The number of ketones is 1. The average molecular weight is 529 g/mol.